The van der Waals surface area contributed by atoms with Gasteiger partial charge < -0.3 is 0 Å². The maximum Gasteiger partial charge on any atom is 0.0394 e. The summed E-state index contributed by atoms with van der Waals surface area (Å²) in [6.45, 7) is 2.31. The average molecular weight is 134 g/mol. The number of rotatable bonds is 0. The molecule has 0 aromatic carbocycles. The lowest BCUT2D eigenvalue weighted by atomic mass is 10.4. The van der Waals surface area contributed by atoms with Gasteiger partial charge in [-0.15, -0.1) is 11.8 Å². The van der Waals surface area contributed by atoms with Crippen LogP contribution in [-0.4, -0.2) is 16.1 Å². The molecule has 1 aliphatic heterocycles. The van der Waals surface area contributed by atoms with Crippen LogP contribution in [0.5, 0.6) is 0 Å². The predicted molar refractivity (Wildman–Crippen MR) is 39.0 cm³/mol. The average Bonchev–Trinajstić information content (AvgIpc) is 1.69. The standard InChI is InChI=1S/C5H10S2/c1-5-2-3-6-4-7-5/h5H,2-4H2,1H3. The molecule has 7 heavy (non-hydrogen) atoms. The fourth-order valence-electron chi connectivity index (χ4n) is 0.556. The molecule has 1 fully saturated rings. The van der Waals surface area contributed by atoms with E-state index in [1.807, 2.05) is 0 Å². The van der Waals surface area contributed by atoms with Crippen molar-refractivity contribution in [1.29, 1.82) is 0 Å². The highest BCUT2D eigenvalue weighted by Crippen LogP contribution is 2.26. The smallest absolute Gasteiger partial charge is 0.0394 e. The summed E-state index contributed by atoms with van der Waals surface area (Å²) in [6, 6.07) is 0. The van der Waals surface area contributed by atoms with Gasteiger partial charge in [0.15, 0.2) is 0 Å². The van der Waals surface area contributed by atoms with Gasteiger partial charge in [0.25, 0.3) is 0 Å². The zero-order valence-electron chi connectivity index (χ0n) is 4.52. The van der Waals surface area contributed by atoms with Gasteiger partial charge in [0.1, 0.15) is 0 Å². The first kappa shape index (κ1) is 5.83. The third-order valence-electron chi connectivity index (χ3n) is 1.10. The molecule has 1 aliphatic rings. The minimum absolute atomic E-state index is 0.932. The Hall–Kier alpha value is 0.700. The van der Waals surface area contributed by atoms with Gasteiger partial charge in [-0.1, -0.05) is 6.92 Å². The van der Waals surface area contributed by atoms with Crippen LogP contribution < -0.4 is 0 Å². The number of hydrogen-bond donors (Lipinski definition) is 0. The normalized spacial score (nSPS) is 33.0. The van der Waals surface area contributed by atoms with Crippen LogP contribution in [0.2, 0.25) is 0 Å². The van der Waals surface area contributed by atoms with Crippen molar-refractivity contribution in [2.24, 2.45) is 0 Å². The van der Waals surface area contributed by atoms with Crippen molar-refractivity contribution in [2.45, 2.75) is 18.6 Å². The zero-order chi connectivity index (χ0) is 5.11. The highest BCUT2D eigenvalue weighted by Gasteiger charge is 2.06. The topological polar surface area (TPSA) is 0 Å². The Morgan fingerprint density at radius 1 is 1.57 bits per heavy atom. The van der Waals surface area contributed by atoms with Crippen molar-refractivity contribution in [2.75, 3.05) is 10.8 Å². The van der Waals surface area contributed by atoms with Gasteiger partial charge in [0.05, 0.1) is 0 Å². The van der Waals surface area contributed by atoms with Crippen LogP contribution in [0.4, 0.5) is 0 Å². The maximum atomic E-state index is 2.31. The lowest BCUT2D eigenvalue weighted by Crippen LogP contribution is -2.03. The molecule has 0 aromatic heterocycles. The lowest BCUT2D eigenvalue weighted by molar-refractivity contribution is 0.914. The third kappa shape index (κ3) is 1.96. The molecule has 0 spiro atoms. The van der Waals surface area contributed by atoms with E-state index in [-0.39, 0.29) is 0 Å². The van der Waals surface area contributed by atoms with Gasteiger partial charge in [0.2, 0.25) is 0 Å². The molecule has 0 aromatic rings. The molecule has 42 valence electrons. The van der Waals surface area contributed by atoms with Crippen LogP contribution in [0.3, 0.4) is 0 Å². The van der Waals surface area contributed by atoms with E-state index in [4.69, 9.17) is 0 Å². The molecule has 0 N–H and O–H groups in total. The van der Waals surface area contributed by atoms with E-state index in [0.717, 1.165) is 5.25 Å². The van der Waals surface area contributed by atoms with E-state index in [9.17, 15) is 0 Å². The quantitative estimate of drug-likeness (QED) is 0.498. The molecule has 1 saturated heterocycles. The number of thioether (sulfide) groups is 2. The summed E-state index contributed by atoms with van der Waals surface area (Å²) < 4.78 is 0. The van der Waals surface area contributed by atoms with Crippen molar-refractivity contribution >= 4 is 23.5 Å². The summed E-state index contributed by atoms with van der Waals surface area (Å²) in [5.74, 6) is 1.38. The monoisotopic (exact) mass is 134 g/mol. The fraction of sp³-hybridized carbons (Fsp3) is 1.00. The van der Waals surface area contributed by atoms with Gasteiger partial charge in [-0.2, -0.15) is 11.8 Å². The second-order valence-corrected chi connectivity index (χ2v) is 4.69. The van der Waals surface area contributed by atoms with E-state index in [2.05, 4.69) is 30.4 Å². The highest BCUT2D eigenvalue weighted by molar-refractivity contribution is 8.16. The van der Waals surface area contributed by atoms with Crippen LogP contribution in [0.15, 0.2) is 0 Å². The van der Waals surface area contributed by atoms with Gasteiger partial charge in [0, 0.05) is 10.3 Å². The first-order valence-electron chi connectivity index (χ1n) is 2.59. The molecule has 1 rings (SSSR count). The largest absolute Gasteiger partial charge is 0.151 e. The summed E-state index contributed by atoms with van der Waals surface area (Å²) in [6.07, 6.45) is 1.41. The molecule has 0 saturated carbocycles. The van der Waals surface area contributed by atoms with E-state index in [1.165, 1.54) is 17.3 Å². The van der Waals surface area contributed by atoms with Crippen LogP contribution in [-0.2, 0) is 0 Å². The predicted octanol–water partition coefficient (Wildman–Crippen LogP) is 2.20. The Morgan fingerprint density at radius 3 is 2.71 bits per heavy atom. The Morgan fingerprint density at radius 2 is 2.43 bits per heavy atom. The van der Waals surface area contributed by atoms with Crippen molar-refractivity contribution in [1.82, 2.24) is 0 Å². The van der Waals surface area contributed by atoms with Crippen molar-refractivity contribution in [3.8, 4) is 0 Å². The lowest BCUT2D eigenvalue weighted by Gasteiger charge is -2.15. The summed E-state index contributed by atoms with van der Waals surface area (Å²) in [5, 5.41) is 2.25. The van der Waals surface area contributed by atoms with Crippen LogP contribution in [0.25, 0.3) is 0 Å². The van der Waals surface area contributed by atoms with Crippen LogP contribution in [0.1, 0.15) is 13.3 Å². The van der Waals surface area contributed by atoms with E-state index < -0.39 is 0 Å². The van der Waals surface area contributed by atoms with E-state index >= 15 is 0 Å². The minimum Gasteiger partial charge on any atom is -0.151 e. The fourth-order valence-corrected chi connectivity index (χ4v) is 3.30. The molecule has 0 amide bonds. The van der Waals surface area contributed by atoms with Crippen LogP contribution >= 0.6 is 23.5 Å². The van der Waals surface area contributed by atoms with Gasteiger partial charge >= 0.3 is 0 Å². The molecule has 2 heteroatoms. The first-order chi connectivity index (χ1) is 3.39. The van der Waals surface area contributed by atoms with Gasteiger partial charge in [-0.3, -0.25) is 0 Å². The molecule has 0 radical (unpaired) electrons. The Labute approximate surface area is 53.4 Å². The first-order valence-corrected chi connectivity index (χ1v) is 4.79. The Kier molecular flexibility index (Phi) is 2.40. The Bertz CT molecular complexity index is 48.0. The van der Waals surface area contributed by atoms with Crippen molar-refractivity contribution < 1.29 is 0 Å². The summed E-state index contributed by atoms with van der Waals surface area (Å²) in [5.41, 5.74) is 0. The molecule has 0 nitrogen and oxygen atoms in total. The third-order valence-corrected chi connectivity index (χ3v) is 3.64. The molecule has 0 aliphatic carbocycles. The van der Waals surface area contributed by atoms with E-state index in [0.29, 0.717) is 0 Å². The number of hydrogen-bond acceptors (Lipinski definition) is 2. The van der Waals surface area contributed by atoms with Crippen molar-refractivity contribution in [3.63, 3.8) is 0 Å². The molecule has 1 heterocycles. The van der Waals surface area contributed by atoms with Gasteiger partial charge in [-0.05, 0) is 12.2 Å². The van der Waals surface area contributed by atoms with E-state index in [1.54, 1.807) is 0 Å². The summed E-state index contributed by atoms with van der Waals surface area (Å²) in [7, 11) is 0. The molecule has 1 atom stereocenters. The molecule has 1 unspecified atom stereocenters. The zero-order valence-corrected chi connectivity index (χ0v) is 6.15. The van der Waals surface area contributed by atoms with Gasteiger partial charge in [-0.25, -0.2) is 0 Å². The summed E-state index contributed by atoms with van der Waals surface area (Å²) >= 11 is 4.14. The summed E-state index contributed by atoms with van der Waals surface area (Å²) in [4.78, 5) is 0. The highest BCUT2D eigenvalue weighted by atomic mass is 32.2. The second-order valence-electron chi connectivity index (χ2n) is 1.79. The second kappa shape index (κ2) is 2.88. The molecular formula is C5H10S2. The minimum atomic E-state index is 0.932. The SMILES string of the molecule is CC1CCSCS1. The maximum absolute atomic E-state index is 2.31. The molecule has 0 bridgehead atoms. The van der Waals surface area contributed by atoms with Crippen molar-refractivity contribution in [3.05, 3.63) is 0 Å². The Balaban J connectivity index is 2.12. The molecular weight excluding hydrogens is 124 g/mol. The van der Waals surface area contributed by atoms with Crippen LogP contribution in [0, 0.1) is 0 Å².